The van der Waals surface area contributed by atoms with Crippen LogP contribution >= 0.6 is 11.8 Å². The Kier molecular flexibility index (Phi) is 5.18. The third-order valence-corrected chi connectivity index (χ3v) is 5.16. The number of hydrogen-bond acceptors (Lipinski definition) is 6. The monoisotopic (exact) mass is 407 g/mol. The van der Waals surface area contributed by atoms with Crippen molar-refractivity contribution < 1.29 is 18.8 Å². The number of amides is 3. The van der Waals surface area contributed by atoms with E-state index in [1.54, 1.807) is 30.6 Å². The van der Waals surface area contributed by atoms with Crippen molar-refractivity contribution in [2.24, 2.45) is 0 Å². The minimum absolute atomic E-state index is 0.108. The van der Waals surface area contributed by atoms with Crippen molar-refractivity contribution in [2.45, 2.75) is 13.3 Å². The minimum Gasteiger partial charge on any atom is -0.456 e. The van der Waals surface area contributed by atoms with Crippen LogP contribution in [0, 0.1) is 0 Å². The lowest BCUT2D eigenvalue weighted by molar-refractivity contribution is -0.115. The van der Waals surface area contributed by atoms with Gasteiger partial charge < -0.3 is 9.73 Å². The first-order valence-electron chi connectivity index (χ1n) is 9.06. The Labute approximate surface area is 170 Å². The SMILES string of the molecule is CCCNC(=O)c1ccc(-c2cncc3cc(/C=C4/SC(=O)NC4=O)oc23)cc1. The second-order valence-electron chi connectivity index (χ2n) is 6.44. The molecule has 3 heterocycles. The molecule has 8 heteroatoms. The van der Waals surface area contributed by atoms with E-state index < -0.39 is 11.1 Å². The van der Waals surface area contributed by atoms with Gasteiger partial charge in [-0.25, -0.2) is 0 Å². The van der Waals surface area contributed by atoms with Gasteiger partial charge in [0.15, 0.2) is 0 Å². The molecule has 2 N–H and O–H groups in total. The first-order valence-corrected chi connectivity index (χ1v) is 9.88. The van der Waals surface area contributed by atoms with Crippen LogP contribution in [-0.2, 0) is 4.79 Å². The number of benzene rings is 1. The molecule has 0 radical (unpaired) electrons. The van der Waals surface area contributed by atoms with Gasteiger partial charge in [0.1, 0.15) is 11.3 Å². The predicted octanol–water partition coefficient (Wildman–Crippen LogP) is 3.96. The molecular weight excluding hydrogens is 390 g/mol. The fourth-order valence-corrected chi connectivity index (χ4v) is 3.61. The molecule has 1 aliphatic heterocycles. The zero-order valence-electron chi connectivity index (χ0n) is 15.5. The summed E-state index contributed by atoms with van der Waals surface area (Å²) in [7, 11) is 0. The van der Waals surface area contributed by atoms with Crippen LogP contribution in [0.3, 0.4) is 0 Å². The Bertz CT molecular complexity index is 1150. The number of aromatic nitrogens is 1. The number of imide groups is 1. The fourth-order valence-electron chi connectivity index (χ4n) is 2.95. The number of carbonyl (C=O) groups excluding carboxylic acids is 3. The average Bonchev–Trinajstić information content (AvgIpc) is 3.27. The summed E-state index contributed by atoms with van der Waals surface area (Å²) in [5.74, 6) is -0.0866. The summed E-state index contributed by atoms with van der Waals surface area (Å²) >= 11 is 0.837. The van der Waals surface area contributed by atoms with E-state index in [1.807, 2.05) is 19.1 Å². The summed E-state index contributed by atoms with van der Waals surface area (Å²) in [5, 5.41) is 5.43. The predicted molar refractivity (Wildman–Crippen MR) is 111 cm³/mol. The van der Waals surface area contributed by atoms with Crippen molar-refractivity contribution in [3.05, 3.63) is 59.0 Å². The number of furan rings is 1. The highest BCUT2D eigenvalue weighted by atomic mass is 32.2. The molecule has 3 amide bonds. The zero-order chi connectivity index (χ0) is 20.4. The Morgan fingerprint density at radius 2 is 2.03 bits per heavy atom. The van der Waals surface area contributed by atoms with Gasteiger partial charge in [-0.2, -0.15) is 0 Å². The summed E-state index contributed by atoms with van der Waals surface area (Å²) in [6.07, 6.45) is 5.78. The standard InChI is InChI=1S/C21H17N3O4S/c1-2-7-23-19(25)13-5-3-12(4-6-13)16-11-22-10-14-8-15(28-18(14)16)9-17-20(26)24-21(27)29-17/h3-6,8-11H,2,7H2,1H3,(H,23,25)(H,24,26,27)/b17-9+. The van der Waals surface area contributed by atoms with Crippen molar-refractivity contribution >= 4 is 45.9 Å². The van der Waals surface area contributed by atoms with Crippen LogP contribution in [0.25, 0.3) is 28.2 Å². The van der Waals surface area contributed by atoms with Crippen molar-refractivity contribution in [3.8, 4) is 11.1 Å². The van der Waals surface area contributed by atoms with E-state index in [-0.39, 0.29) is 10.8 Å². The summed E-state index contributed by atoms with van der Waals surface area (Å²) in [5.41, 5.74) is 2.82. The number of hydrogen-bond donors (Lipinski definition) is 2. The largest absolute Gasteiger partial charge is 0.456 e. The highest BCUT2D eigenvalue weighted by Gasteiger charge is 2.25. The smallest absolute Gasteiger partial charge is 0.290 e. The molecule has 3 aromatic rings. The molecule has 29 heavy (non-hydrogen) atoms. The quantitative estimate of drug-likeness (QED) is 0.621. The van der Waals surface area contributed by atoms with Crippen molar-refractivity contribution in [1.29, 1.82) is 0 Å². The van der Waals surface area contributed by atoms with Crippen LogP contribution in [0.15, 0.2) is 52.0 Å². The number of pyridine rings is 1. The zero-order valence-corrected chi connectivity index (χ0v) is 16.3. The van der Waals surface area contributed by atoms with Gasteiger partial charge in [-0.1, -0.05) is 19.1 Å². The van der Waals surface area contributed by atoms with Gasteiger partial charge in [-0.05, 0) is 41.9 Å². The molecule has 2 aromatic heterocycles. The van der Waals surface area contributed by atoms with E-state index in [2.05, 4.69) is 15.6 Å². The Morgan fingerprint density at radius 3 is 2.72 bits per heavy atom. The Hall–Kier alpha value is -3.39. The molecule has 1 aromatic carbocycles. The lowest BCUT2D eigenvalue weighted by Gasteiger charge is -2.06. The van der Waals surface area contributed by atoms with E-state index in [0.29, 0.717) is 23.5 Å². The number of nitrogens with zero attached hydrogens (tertiary/aromatic N) is 1. The first kappa shape index (κ1) is 18.9. The summed E-state index contributed by atoms with van der Waals surface area (Å²) in [6, 6.07) is 8.97. The molecule has 7 nitrogen and oxygen atoms in total. The number of fused-ring (bicyclic) bond motifs is 1. The average molecular weight is 407 g/mol. The van der Waals surface area contributed by atoms with Gasteiger partial charge in [0.05, 0.1) is 4.91 Å². The van der Waals surface area contributed by atoms with Gasteiger partial charge >= 0.3 is 0 Å². The molecule has 0 unspecified atom stereocenters. The molecule has 4 rings (SSSR count). The topological polar surface area (TPSA) is 101 Å². The summed E-state index contributed by atoms with van der Waals surface area (Å²) in [4.78, 5) is 39.7. The number of thioether (sulfide) groups is 1. The third-order valence-electron chi connectivity index (χ3n) is 4.35. The molecule has 1 aliphatic rings. The van der Waals surface area contributed by atoms with Crippen LogP contribution in [0.1, 0.15) is 29.5 Å². The summed E-state index contributed by atoms with van der Waals surface area (Å²) in [6.45, 7) is 2.64. The molecule has 146 valence electrons. The van der Waals surface area contributed by atoms with Gasteiger partial charge in [0.25, 0.3) is 17.1 Å². The Morgan fingerprint density at radius 1 is 1.24 bits per heavy atom. The first-order chi connectivity index (χ1) is 14.0. The van der Waals surface area contributed by atoms with Gasteiger partial charge in [0, 0.05) is 41.5 Å². The highest BCUT2D eigenvalue weighted by Crippen LogP contribution is 2.32. The molecule has 0 spiro atoms. The second-order valence-corrected chi connectivity index (χ2v) is 7.45. The van der Waals surface area contributed by atoms with E-state index in [1.165, 1.54) is 6.08 Å². The van der Waals surface area contributed by atoms with Crippen molar-refractivity contribution in [3.63, 3.8) is 0 Å². The van der Waals surface area contributed by atoms with Crippen LogP contribution < -0.4 is 10.6 Å². The number of carbonyl (C=O) groups is 3. The summed E-state index contributed by atoms with van der Waals surface area (Å²) < 4.78 is 5.93. The molecule has 0 aliphatic carbocycles. The maximum atomic E-state index is 12.1. The molecule has 0 atom stereocenters. The van der Waals surface area contributed by atoms with Crippen LogP contribution in [-0.4, -0.2) is 28.6 Å². The van der Waals surface area contributed by atoms with Gasteiger partial charge in [-0.3, -0.25) is 24.7 Å². The maximum Gasteiger partial charge on any atom is 0.290 e. The van der Waals surface area contributed by atoms with Crippen LogP contribution in [0.4, 0.5) is 4.79 Å². The van der Waals surface area contributed by atoms with E-state index >= 15 is 0 Å². The molecular formula is C21H17N3O4S. The molecule has 1 fully saturated rings. The lowest BCUT2D eigenvalue weighted by atomic mass is 10.0. The van der Waals surface area contributed by atoms with E-state index in [9.17, 15) is 14.4 Å². The second kappa shape index (κ2) is 7.92. The normalized spacial score (nSPS) is 15.1. The van der Waals surface area contributed by atoms with Gasteiger partial charge in [0.2, 0.25) is 0 Å². The van der Waals surface area contributed by atoms with Crippen molar-refractivity contribution in [2.75, 3.05) is 6.54 Å². The third kappa shape index (κ3) is 3.93. The minimum atomic E-state index is -0.434. The molecule has 0 saturated carbocycles. The van der Waals surface area contributed by atoms with Crippen LogP contribution in [0.2, 0.25) is 0 Å². The van der Waals surface area contributed by atoms with E-state index in [4.69, 9.17) is 4.42 Å². The molecule has 0 bridgehead atoms. The fraction of sp³-hybridized carbons (Fsp3) is 0.143. The Balaban J connectivity index is 1.65. The van der Waals surface area contributed by atoms with Gasteiger partial charge in [-0.15, -0.1) is 0 Å². The maximum absolute atomic E-state index is 12.1. The van der Waals surface area contributed by atoms with Crippen LogP contribution in [0.5, 0.6) is 0 Å². The molecule has 1 saturated heterocycles. The number of nitrogens with one attached hydrogen (secondary N) is 2. The van der Waals surface area contributed by atoms with E-state index in [0.717, 1.165) is 34.7 Å². The van der Waals surface area contributed by atoms with Crippen molar-refractivity contribution in [1.82, 2.24) is 15.6 Å². The number of rotatable bonds is 5. The highest BCUT2D eigenvalue weighted by molar-refractivity contribution is 8.18. The lowest BCUT2D eigenvalue weighted by Crippen LogP contribution is -2.23.